The summed E-state index contributed by atoms with van der Waals surface area (Å²) in [5.41, 5.74) is 4.64. The monoisotopic (exact) mass is 545 g/mol. The summed E-state index contributed by atoms with van der Waals surface area (Å²) in [6.45, 7) is 10.4. The number of imidazole rings is 1. The Morgan fingerprint density at radius 1 is 1.11 bits per heavy atom. The van der Waals surface area contributed by atoms with Crippen LogP contribution in [0.3, 0.4) is 0 Å². The number of hydrogen-bond acceptors (Lipinski definition) is 5. The molecule has 5 rings (SSSR count). The molecule has 0 N–H and O–H groups in total. The van der Waals surface area contributed by atoms with Crippen LogP contribution in [0.5, 0.6) is 0 Å². The Morgan fingerprint density at radius 2 is 1.89 bits per heavy atom. The van der Waals surface area contributed by atoms with Crippen LogP contribution >= 0.6 is 15.9 Å². The standard InChI is InChI=1S/C29H28BrN3O3/c1-6-23-32-24-17(2)13-14-31-27(24)33(23)16-18-11-12-20-22(15-18)26(30)35-25(20)19-9-7-8-10-21(19)28(34)36-29(3,4)5/h7-15H,6,16H2,1-5H3. The average Bonchev–Trinajstić information content (AvgIpc) is 3.36. The van der Waals surface area contributed by atoms with Crippen LogP contribution in [0.25, 0.3) is 33.3 Å². The number of halogens is 1. The summed E-state index contributed by atoms with van der Waals surface area (Å²) < 4.78 is 14.6. The zero-order chi connectivity index (χ0) is 25.6. The number of esters is 1. The quantitative estimate of drug-likeness (QED) is 0.214. The maximum atomic E-state index is 12.9. The Morgan fingerprint density at radius 3 is 2.64 bits per heavy atom. The largest absolute Gasteiger partial charge is 0.456 e. The highest BCUT2D eigenvalue weighted by Gasteiger charge is 2.24. The van der Waals surface area contributed by atoms with E-state index in [0.717, 1.165) is 45.3 Å². The molecule has 0 fully saturated rings. The minimum Gasteiger partial charge on any atom is -0.456 e. The molecule has 0 radical (unpaired) electrons. The molecule has 3 aromatic heterocycles. The van der Waals surface area contributed by atoms with Crippen molar-refractivity contribution in [3.8, 4) is 11.3 Å². The summed E-state index contributed by atoms with van der Waals surface area (Å²) in [5, 5.41) is 1.86. The van der Waals surface area contributed by atoms with Crippen LogP contribution < -0.4 is 0 Å². The number of carbonyl (C=O) groups is 1. The number of rotatable bonds is 5. The topological polar surface area (TPSA) is 70.2 Å². The number of benzene rings is 2. The molecule has 0 saturated carbocycles. The third kappa shape index (κ3) is 4.44. The molecule has 0 bridgehead atoms. The van der Waals surface area contributed by atoms with Crippen LogP contribution in [-0.2, 0) is 17.7 Å². The third-order valence-corrected chi connectivity index (χ3v) is 6.68. The lowest BCUT2D eigenvalue weighted by molar-refractivity contribution is 0.00702. The van der Waals surface area contributed by atoms with Crippen molar-refractivity contribution < 1.29 is 13.9 Å². The van der Waals surface area contributed by atoms with Gasteiger partial charge in [0.05, 0.1) is 12.1 Å². The van der Waals surface area contributed by atoms with Gasteiger partial charge in [-0.05, 0) is 73.0 Å². The van der Waals surface area contributed by atoms with Crippen molar-refractivity contribution in [1.82, 2.24) is 14.5 Å². The van der Waals surface area contributed by atoms with Gasteiger partial charge >= 0.3 is 5.97 Å². The van der Waals surface area contributed by atoms with Gasteiger partial charge in [-0.1, -0.05) is 37.3 Å². The molecule has 0 atom stereocenters. The van der Waals surface area contributed by atoms with Gasteiger partial charge in [-0.25, -0.2) is 14.8 Å². The number of pyridine rings is 1. The summed E-state index contributed by atoms with van der Waals surface area (Å²) in [6, 6.07) is 15.6. The van der Waals surface area contributed by atoms with Crippen molar-refractivity contribution in [1.29, 1.82) is 0 Å². The molecule has 0 unspecified atom stereocenters. The molecule has 0 aliphatic rings. The lowest BCUT2D eigenvalue weighted by Crippen LogP contribution is -2.24. The van der Waals surface area contributed by atoms with Crippen molar-refractivity contribution in [2.75, 3.05) is 0 Å². The minimum atomic E-state index is -0.590. The summed E-state index contributed by atoms with van der Waals surface area (Å²) in [4.78, 5) is 22.4. The number of nitrogens with zero attached hydrogens (tertiary/aromatic N) is 3. The van der Waals surface area contributed by atoms with Gasteiger partial charge in [0.2, 0.25) is 0 Å². The van der Waals surface area contributed by atoms with Crippen LogP contribution in [0, 0.1) is 6.92 Å². The molecule has 36 heavy (non-hydrogen) atoms. The van der Waals surface area contributed by atoms with E-state index in [-0.39, 0.29) is 5.97 Å². The zero-order valence-corrected chi connectivity index (χ0v) is 22.6. The Bertz CT molecular complexity index is 1610. The molecule has 0 spiro atoms. The van der Waals surface area contributed by atoms with Crippen molar-refractivity contribution in [3.63, 3.8) is 0 Å². The highest BCUT2D eigenvalue weighted by atomic mass is 79.9. The highest BCUT2D eigenvalue weighted by molar-refractivity contribution is 9.10. The van der Waals surface area contributed by atoms with E-state index in [2.05, 4.69) is 51.5 Å². The van der Waals surface area contributed by atoms with E-state index in [1.54, 1.807) is 6.07 Å². The van der Waals surface area contributed by atoms with Crippen molar-refractivity contribution >= 4 is 43.8 Å². The van der Waals surface area contributed by atoms with Gasteiger partial charge in [0, 0.05) is 29.0 Å². The SMILES string of the molecule is CCc1nc2c(C)ccnc2n1Cc1ccc2c(-c3ccccc3C(=O)OC(C)(C)C)oc(Br)c2c1. The summed E-state index contributed by atoms with van der Waals surface area (Å²) in [6.07, 6.45) is 2.65. The second-order valence-corrected chi connectivity index (χ2v) is 10.6. The molecule has 0 amide bonds. The molecule has 0 saturated heterocycles. The van der Waals surface area contributed by atoms with E-state index in [9.17, 15) is 4.79 Å². The van der Waals surface area contributed by atoms with E-state index < -0.39 is 5.60 Å². The predicted molar refractivity (Wildman–Crippen MR) is 145 cm³/mol. The maximum absolute atomic E-state index is 12.9. The first kappa shape index (κ1) is 24.3. The van der Waals surface area contributed by atoms with Gasteiger partial charge in [-0.2, -0.15) is 0 Å². The van der Waals surface area contributed by atoms with Crippen LogP contribution in [0.2, 0.25) is 0 Å². The first-order chi connectivity index (χ1) is 17.2. The van der Waals surface area contributed by atoms with E-state index in [1.807, 2.05) is 57.3 Å². The lowest BCUT2D eigenvalue weighted by Gasteiger charge is -2.20. The molecule has 0 aliphatic carbocycles. The molecule has 6 nitrogen and oxygen atoms in total. The smallest absolute Gasteiger partial charge is 0.339 e. The van der Waals surface area contributed by atoms with E-state index in [4.69, 9.17) is 14.1 Å². The van der Waals surface area contributed by atoms with Gasteiger partial charge in [0.25, 0.3) is 0 Å². The Labute approximate surface area is 218 Å². The predicted octanol–water partition coefficient (Wildman–Crippen LogP) is 7.48. The fraction of sp³-hybridized carbons (Fsp3) is 0.276. The second kappa shape index (κ2) is 9.21. The van der Waals surface area contributed by atoms with Gasteiger partial charge in [-0.15, -0.1) is 0 Å². The van der Waals surface area contributed by atoms with Crippen molar-refractivity contribution in [2.24, 2.45) is 0 Å². The first-order valence-electron chi connectivity index (χ1n) is 12.0. The number of ether oxygens (including phenoxy) is 1. The fourth-order valence-electron chi connectivity index (χ4n) is 4.44. The molecule has 2 aromatic carbocycles. The second-order valence-electron chi connectivity index (χ2n) is 9.90. The fourth-order valence-corrected chi connectivity index (χ4v) is 4.93. The summed E-state index contributed by atoms with van der Waals surface area (Å²) in [5.74, 6) is 1.26. The zero-order valence-electron chi connectivity index (χ0n) is 21.1. The number of fused-ring (bicyclic) bond motifs is 2. The number of aromatic nitrogens is 3. The average molecular weight is 546 g/mol. The Hall–Kier alpha value is -3.45. The van der Waals surface area contributed by atoms with Crippen LogP contribution in [-0.4, -0.2) is 26.1 Å². The van der Waals surface area contributed by atoms with Crippen molar-refractivity contribution in [2.45, 2.75) is 53.2 Å². The molecular weight excluding hydrogens is 518 g/mol. The molecule has 184 valence electrons. The minimum absolute atomic E-state index is 0.378. The Kier molecular flexibility index (Phi) is 6.20. The summed E-state index contributed by atoms with van der Waals surface area (Å²) in [7, 11) is 0. The number of carbonyl (C=O) groups excluding carboxylic acids is 1. The van der Waals surface area contributed by atoms with Crippen LogP contribution in [0.4, 0.5) is 0 Å². The third-order valence-electron chi connectivity index (χ3n) is 6.09. The first-order valence-corrected chi connectivity index (χ1v) is 12.8. The normalized spacial score (nSPS) is 11.9. The van der Waals surface area contributed by atoms with Gasteiger partial charge in [0.15, 0.2) is 10.3 Å². The van der Waals surface area contributed by atoms with Gasteiger partial charge < -0.3 is 13.7 Å². The lowest BCUT2D eigenvalue weighted by atomic mass is 10.0. The molecular formula is C29H28BrN3O3. The van der Waals surface area contributed by atoms with Crippen LogP contribution in [0.15, 0.2) is 63.8 Å². The summed E-state index contributed by atoms with van der Waals surface area (Å²) >= 11 is 3.60. The molecule has 7 heteroatoms. The van der Waals surface area contributed by atoms with E-state index in [1.165, 1.54) is 0 Å². The molecule has 5 aromatic rings. The number of hydrogen-bond donors (Lipinski definition) is 0. The molecule has 3 heterocycles. The maximum Gasteiger partial charge on any atom is 0.339 e. The number of furan rings is 1. The van der Waals surface area contributed by atoms with Crippen molar-refractivity contribution in [3.05, 3.63) is 81.9 Å². The van der Waals surface area contributed by atoms with Gasteiger partial charge in [-0.3, -0.25) is 0 Å². The van der Waals surface area contributed by atoms with E-state index >= 15 is 0 Å². The van der Waals surface area contributed by atoms with Crippen LogP contribution in [0.1, 0.15) is 55.0 Å². The highest BCUT2D eigenvalue weighted by Crippen LogP contribution is 2.39. The number of aryl methyl sites for hydroxylation is 2. The van der Waals surface area contributed by atoms with E-state index in [0.29, 0.717) is 28.1 Å². The molecule has 0 aliphatic heterocycles. The Balaban J connectivity index is 1.56. The van der Waals surface area contributed by atoms with Gasteiger partial charge in [0.1, 0.15) is 22.7 Å².